The van der Waals surface area contributed by atoms with Crippen molar-refractivity contribution in [1.82, 2.24) is 0 Å². The number of aryl methyl sites for hydroxylation is 1. The lowest BCUT2D eigenvalue weighted by atomic mass is 9.84. The highest BCUT2D eigenvalue weighted by molar-refractivity contribution is 5.34. The van der Waals surface area contributed by atoms with Gasteiger partial charge in [0.2, 0.25) is 0 Å². The molecule has 2 aromatic rings. The maximum Gasteiger partial charge on any atom is 0.0424 e. The van der Waals surface area contributed by atoms with E-state index in [9.17, 15) is 0 Å². The molecule has 2 rings (SSSR count). The minimum absolute atomic E-state index is 0.329. The van der Waals surface area contributed by atoms with E-state index in [1.165, 1.54) is 22.3 Å². The van der Waals surface area contributed by atoms with Gasteiger partial charge in [-0.3, -0.25) is 0 Å². The molecule has 1 atom stereocenters. The fourth-order valence-corrected chi connectivity index (χ4v) is 2.75. The van der Waals surface area contributed by atoms with Crippen LogP contribution in [0.25, 0.3) is 0 Å². The normalized spacial score (nSPS) is 14.3. The van der Waals surface area contributed by atoms with E-state index >= 15 is 0 Å². The van der Waals surface area contributed by atoms with Gasteiger partial charge in [0.1, 0.15) is 0 Å². The average Bonchev–Trinajstić information content (AvgIpc) is 2.39. The van der Waals surface area contributed by atoms with Crippen LogP contribution in [0, 0.1) is 6.92 Å². The summed E-state index contributed by atoms with van der Waals surface area (Å²) < 4.78 is 0. The van der Waals surface area contributed by atoms with Crippen LogP contribution in [-0.4, -0.2) is 0 Å². The maximum atomic E-state index is 6.57. The SMILES string of the molecule is Cc1ccccc1C(C)(N)Cc1ccc(C(C)C)cc1. The van der Waals surface area contributed by atoms with E-state index in [0.717, 1.165) is 6.42 Å². The van der Waals surface area contributed by atoms with Gasteiger partial charge in [-0.25, -0.2) is 0 Å². The molecule has 0 radical (unpaired) electrons. The lowest BCUT2D eigenvalue weighted by molar-refractivity contribution is 0.488. The second-order valence-electron chi connectivity index (χ2n) is 6.31. The van der Waals surface area contributed by atoms with Crippen LogP contribution in [0.15, 0.2) is 48.5 Å². The Bertz CT molecular complexity index is 565. The molecule has 0 fully saturated rings. The quantitative estimate of drug-likeness (QED) is 0.865. The monoisotopic (exact) mass is 267 g/mol. The molecule has 1 nitrogen and oxygen atoms in total. The van der Waals surface area contributed by atoms with Crippen molar-refractivity contribution in [3.8, 4) is 0 Å². The van der Waals surface area contributed by atoms with Gasteiger partial charge >= 0.3 is 0 Å². The summed E-state index contributed by atoms with van der Waals surface area (Å²) in [5.74, 6) is 0.574. The fourth-order valence-electron chi connectivity index (χ4n) is 2.75. The van der Waals surface area contributed by atoms with Gasteiger partial charge in [0, 0.05) is 5.54 Å². The van der Waals surface area contributed by atoms with Crippen LogP contribution in [-0.2, 0) is 12.0 Å². The highest BCUT2D eigenvalue weighted by atomic mass is 14.7. The Hall–Kier alpha value is -1.60. The molecule has 0 saturated carbocycles. The molecular formula is C19H25N. The predicted octanol–water partition coefficient (Wildman–Crippen LogP) is 4.54. The van der Waals surface area contributed by atoms with E-state index in [-0.39, 0.29) is 5.54 Å². The van der Waals surface area contributed by atoms with Gasteiger partial charge in [-0.05, 0) is 48.4 Å². The highest BCUT2D eigenvalue weighted by Gasteiger charge is 2.23. The Morgan fingerprint density at radius 3 is 2.15 bits per heavy atom. The summed E-state index contributed by atoms with van der Waals surface area (Å²) >= 11 is 0. The van der Waals surface area contributed by atoms with Crippen molar-refractivity contribution in [2.45, 2.75) is 45.6 Å². The van der Waals surface area contributed by atoms with Crippen molar-refractivity contribution >= 4 is 0 Å². The van der Waals surface area contributed by atoms with E-state index in [1.54, 1.807) is 0 Å². The van der Waals surface area contributed by atoms with Crippen LogP contribution in [0.3, 0.4) is 0 Å². The molecule has 0 aromatic heterocycles. The van der Waals surface area contributed by atoms with Gasteiger partial charge in [-0.2, -0.15) is 0 Å². The topological polar surface area (TPSA) is 26.0 Å². The average molecular weight is 267 g/mol. The molecule has 0 bridgehead atoms. The van der Waals surface area contributed by atoms with Gasteiger partial charge in [-0.1, -0.05) is 62.4 Å². The lowest BCUT2D eigenvalue weighted by Gasteiger charge is -2.27. The third-order valence-corrected chi connectivity index (χ3v) is 3.98. The highest BCUT2D eigenvalue weighted by Crippen LogP contribution is 2.26. The van der Waals surface area contributed by atoms with Crippen LogP contribution in [0.5, 0.6) is 0 Å². The number of benzene rings is 2. The summed E-state index contributed by atoms with van der Waals surface area (Å²) in [6, 6.07) is 17.2. The molecule has 0 aliphatic carbocycles. The second kappa shape index (κ2) is 5.80. The third-order valence-electron chi connectivity index (χ3n) is 3.98. The summed E-state index contributed by atoms with van der Waals surface area (Å²) in [5, 5.41) is 0. The van der Waals surface area contributed by atoms with Crippen molar-refractivity contribution in [1.29, 1.82) is 0 Å². The Morgan fingerprint density at radius 1 is 1.00 bits per heavy atom. The summed E-state index contributed by atoms with van der Waals surface area (Å²) in [5.41, 5.74) is 11.4. The molecule has 0 aliphatic rings. The summed E-state index contributed by atoms with van der Waals surface area (Å²) in [7, 11) is 0. The summed E-state index contributed by atoms with van der Waals surface area (Å²) in [6.07, 6.45) is 0.857. The molecule has 1 unspecified atom stereocenters. The molecule has 2 aromatic carbocycles. The van der Waals surface area contributed by atoms with Crippen molar-refractivity contribution in [2.24, 2.45) is 5.73 Å². The molecule has 0 amide bonds. The first-order valence-electron chi connectivity index (χ1n) is 7.34. The van der Waals surface area contributed by atoms with Crippen LogP contribution < -0.4 is 5.73 Å². The van der Waals surface area contributed by atoms with Gasteiger partial charge in [0.05, 0.1) is 0 Å². The lowest BCUT2D eigenvalue weighted by Crippen LogP contribution is -2.36. The van der Waals surface area contributed by atoms with Gasteiger partial charge < -0.3 is 5.73 Å². The fraction of sp³-hybridized carbons (Fsp3) is 0.368. The van der Waals surface area contributed by atoms with Gasteiger partial charge in [0.15, 0.2) is 0 Å². The van der Waals surface area contributed by atoms with Gasteiger partial charge in [0.25, 0.3) is 0 Å². The van der Waals surface area contributed by atoms with E-state index in [4.69, 9.17) is 5.73 Å². The first-order valence-corrected chi connectivity index (χ1v) is 7.34. The first-order chi connectivity index (χ1) is 9.40. The first kappa shape index (κ1) is 14.8. The predicted molar refractivity (Wildman–Crippen MR) is 87.0 cm³/mol. The zero-order chi connectivity index (χ0) is 14.8. The Labute approximate surface area is 122 Å². The molecule has 0 heterocycles. The van der Waals surface area contributed by atoms with E-state index in [0.29, 0.717) is 5.92 Å². The van der Waals surface area contributed by atoms with Crippen LogP contribution >= 0.6 is 0 Å². The largest absolute Gasteiger partial charge is 0.321 e. The van der Waals surface area contributed by atoms with Crippen LogP contribution in [0.1, 0.15) is 48.9 Å². The van der Waals surface area contributed by atoms with Gasteiger partial charge in [-0.15, -0.1) is 0 Å². The van der Waals surface area contributed by atoms with Crippen molar-refractivity contribution in [3.63, 3.8) is 0 Å². The van der Waals surface area contributed by atoms with E-state index in [2.05, 4.69) is 76.2 Å². The van der Waals surface area contributed by atoms with E-state index in [1.807, 2.05) is 0 Å². The van der Waals surface area contributed by atoms with E-state index < -0.39 is 0 Å². The number of hydrogen-bond donors (Lipinski definition) is 1. The maximum absolute atomic E-state index is 6.57. The standard InChI is InChI=1S/C19H25N/c1-14(2)17-11-9-16(10-12-17)13-19(4,20)18-8-6-5-7-15(18)3/h5-12,14H,13,20H2,1-4H3. The molecule has 0 saturated heterocycles. The minimum Gasteiger partial charge on any atom is -0.321 e. The Kier molecular flexibility index (Phi) is 4.29. The molecule has 2 N–H and O–H groups in total. The van der Waals surface area contributed by atoms with Crippen molar-refractivity contribution < 1.29 is 0 Å². The smallest absolute Gasteiger partial charge is 0.0424 e. The Balaban J connectivity index is 2.22. The molecular weight excluding hydrogens is 242 g/mol. The molecule has 106 valence electrons. The third kappa shape index (κ3) is 3.29. The number of rotatable bonds is 4. The molecule has 0 spiro atoms. The molecule has 0 aliphatic heterocycles. The zero-order valence-electron chi connectivity index (χ0n) is 13.0. The zero-order valence-corrected chi connectivity index (χ0v) is 13.0. The molecule has 20 heavy (non-hydrogen) atoms. The van der Waals surface area contributed by atoms with Crippen molar-refractivity contribution in [2.75, 3.05) is 0 Å². The summed E-state index contributed by atoms with van der Waals surface area (Å²) in [4.78, 5) is 0. The number of nitrogens with two attached hydrogens (primary N) is 1. The Morgan fingerprint density at radius 2 is 1.60 bits per heavy atom. The molecule has 1 heteroatoms. The van der Waals surface area contributed by atoms with Crippen LogP contribution in [0.2, 0.25) is 0 Å². The number of hydrogen-bond acceptors (Lipinski definition) is 1. The van der Waals surface area contributed by atoms with Crippen LogP contribution in [0.4, 0.5) is 0 Å². The van der Waals surface area contributed by atoms with Crippen molar-refractivity contribution in [3.05, 3.63) is 70.8 Å². The second-order valence-corrected chi connectivity index (χ2v) is 6.31. The summed E-state index contributed by atoms with van der Waals surface area (Å²) in [6.45, 7) is 8.68. The minimum atomic E-state index is -0.329.